The molecular weight excluding hydrogens is 805 g/mol. The van der Waals surface area contributed by atoms with E-state index < -0.39 is 5.60 Å². The van der Waals surface area contributed by atoms with Gasteiger partial charge in [-0.3, -0.25) is 0 Å². The second-order valence-corrected chi connectivity index (χ2v) is 22.8. The summed E-state index contributed by atoms with van der Waals surface area (Å²) in [4.78, 5) is 0. The summed E-state index contributed by atoms with van der Waals surface area (Å²) in [7, 11) is 1.78. The van der Waals surface area contributed by atoms with E-state index >= 15 is 0 Å². The van der Waals surface area contributed by atoms with Gasteiger partial charge in [-0.15, -0.1) is 0 Å². The first kappa shape index (κ1) is 59.1. The Hall–Kier alpha value is -0.240. The fraction of sp³-hybridized carbons (Fsp3) is 1.00. The minimum absolute atomic E-state index is 0.105. The molecule has 0 radical (unpaired) electrons. The second-order valence-electron chi connectivity index (χ2n) is 22.8. The summed E-state index contributed by atoms with van der Waals surface area (Å²) in [5, 5.41) is 31.8. The molecule has 65 heavy (non-hydrogen) atoms. The predicted molar refractivity (Wildman–Crippen MR) is 276 cm³/mol. The molecule has 0 aliphatic heterocycles. The van der Waals surface area contributed by atoms with Gasteiger partial charge in [-0.25, -0.2) is 0 Å². The molecule has 3 N–H and O–H groups in total. The van der Waals surface area contributed by atoms with Gasteiger partial charge in [0.15, 0.2) is 0 Å². The Kier molecular flexibility index (Phi) is 31.8. The van der Waals surface area contributed by atoms with E-state index in [-0.39, 0.29) is 12.2 Å². The average Bonchev–Trinajstić information content (AvgIpc) is 4.19. The molecule has 0 amide bonds. The van der Waals surface area contributed by atoms with Crippen molar-refractivity contribution in [2.45, 2.75) is 284 Å². The third-order valence-electron chi connectivity index (χ3n) is 18.4. The first-order valence-electron chi connectivity index (χ1n) is 29.3. The maximum atomic E-state index is 11.5. The van der Waals surface area contributed by atoms with Crippen molar-refractivity contribution in [1.82, 2.24) is 0 Å². The largest absolute Gasteiger partial charge is 0.393 e. The maximum Gasteiger partial charge on any atom is 0.0676 e. The van der Waals surface area contributed by atoms with E-state index in [4.69, 9.17) is 14.2 Å². The van der Waals surface area contributed by atoms with Gasteiger partial charge in [0, 0.05) is 33.5 Å². The van der Waals surface area contributed by atoms with Crippen molar-refractivity contribution >= 4 is 0 Å². The van der Waals surface area contributed by atoms with Crippen molar-refractivity contribution in [2.24, 2.45) is 59.2 Å². The van der Waals surface area contributed by atoms with Crippen molar-refractivity contribution in [3.8, 4) is 0 Å². The van der Waals surface area contributed by atoms with Crippen LogP contribution < -0.4 is 0 Å². The molecule has 5 saturated carbocycles. The number of methoxy groups -OCH3 is 1. The number of aliphatic hydroxyl groups excluding tert-OH is 2. The van der Waals surface area contributed by atoms with E-state index in [0.717, 1.165) is 144 Å². The third-order valence-corrected chi connectivity index (χ3v) is 18.4. The Morgan fingerprint density at radius 2 is 0.985 bits per heavy atom. The van der Waals surface area contributed by atoms with Crippen LogP contribution in [0.15, 0.2) is 0 Å². The molecule has 6 heteroatoms. The SMILES string of the molecule is CCC1CC(CC)C(CC(O)CCCOC2CCCC2)C1.CCC1CC(CC)C(CCC(O)(CCCCOC)C2CCCC2)C1.CCOCCCC(O)CCCC1CC(CC)CC1CC. The van der Waals surface area contributed by atoms with Gasteiger partial charge in [0.1, 0.15) is 0 Å². The molecular formula is C59H114O6. The van der Waals surface area contributed by atoms with Crippen LogP contribution in [0.25, 0.3) is 0 Å². The average molecular weight is 920 g/mol. The van der Waals surface area contributed by atoms with Gasteiger partial charge >= 0.3 is 0 Å². The number of rotatable bonds is 31. The van der Waals surface area contributed by atoms with Crippen molar-refractivity contribution in [2.75, 3.05) is 33.5 Å². The lowest BCUT2D eigenvalue weighted by Gasteiger charge is -2.36. The molecule has 12 unspecified atom stereocenters. The summed E-state index contributed by atoms with van der Waals surface area (Å²) in [6, 6.07) is 0. The molecule has 5 aliphatic carbocycles. The van der Waals surface area contributed by atoms with Gasteiger partial charge in [-0.05, 0) is 201 Å². The van der Waals surface area contributed by atoms with Gasteiger partial charge in [-0.1, -0.05) is 119 Å². The minimum Gasteiger partial charge on any atom is -0.393 e. The van der Waals surface area contributed by atoms with Crippen LogP contribution in [-0.4, -0.2) is 72.8 Å². The highest BCUT2D eigenvalue weighted by Crippen LogP contribution is 2.47. The Labute approximate surface area is 405 Å². The smallest absolute Gasteiger partial charge is 0.0676 e. The molecule has 0 heterocycles. The summed E-state index contributed by atoms with van der Waals surface area (Å²) >= 11 is 0. The Morgan fingerprint density at radius 3 is 1.54 bits per heavy atom. The van der Waals surface area contributed by atoms with Crippen molar-refractivity contribution in [1.29, 1.82) is 0 Å². The van der Waals surface area contributed by atoms with Gasteiger partial charge < -0.3 is 29.5 Å². The number of aliphatic hydroxyl groups is 3. The van der Waals surface area contributed by atoms with E-state index in [2.05, 4.69) is 41.5 Å². The van der Waals surface area contributed by atoms with Crippen LogP contribution in [-0.2, 0) is 14.2 Å². The first-order valence-corrected chi connectivity index (χ1v) is 29.3. The lowest BCUT2D eigenvalue weighted by atomic mass is 9.76. The fourth-order valence-corrected chi connectivity index (χ4v) is 14.0. The van der Waals surface area contributed by atoms with Crippen LogP contribution in [0.4, 0.5) is 0 Å². The lowest BCUT2D eigenvalue weighted by molar-refractivity contribution is -0.0400. The topological polar surface area (TPSA) is 88.4 Å². The Bertz CT molecular complexity index is 1110. The fourth-order valence-electron chi connectivity index (χ4n) is 14.0. The summed E-state index contributed by atoms with van der Waals surface area (Å²) in [6.07, 6.45) is 41.0. The third kappa shape index (κ3) is 22.6. The summed E-state index contributed by atoms with van der Waals surface area (Å²) in [6.45, 7) is 19.3. The Balaban J connectivity index is 0.000000260. The van der Waals surface area contributed by atoms with Crippen molar-refractivity contribution in [3.05, 3.63) is 0 Å². The molecule has 0 aromatic carbocycles. The molecule has 0 bridgehead atoms. The first-order chi connectivity index (χ1) is 31.6. The molecule has 5 fully saturated rings. The monoisotopic (exact) mass is 919 g/mol. The van der Waals surface area contributed by atoms with E-state index in [1.54, 1.807) is 7.11 Å². The predicted octanol–water partition coefficient (Wildman–Crippen LogP) is 15.7. The molecule has 0 spiro atoms. The van der Waals surface area contributed by atoms with E-state index in [1.165, 1.54) is 148 Å². The zero-order valence-electron chi connectivity index (χ0n) is 44.7. The molecule has 0 saturated heterocycles. The van der Waals surface area contributed by atoms with E-state index in [0.29, 0.717) is 12.0 Å². The molecule has 0 aromatic rings. The highest BCUT2D eigenvalue weighted by Gasteiger charge is 2.40. The number of ether oxygens (including phenoxy) is 3. The van der Waals surface area contributed by atoms with Crippen LogP contribution in [0.2, 0.25) is 0 Å². The number of hydrogen-bond acceptors (Lipinski definition) is 6. The lowest BCUT2D eigenvalue weighted by Crippen LogP contribution is -2.37. The van der Waals surface area contributed by atoms with Gasteiger partial charge in [0.2, 0.25) is 0 Å². The summed E-state index contributed by atoms with van der Waals surface area (Å²) in [5.74, 6) is 8.69. The second kappa shape index (κ2) is 35.0. The zero-order chi connectivity index (χ0) is 47.3. The molecule has 12 atom stereocenters. The van der Waals surface area contributed by atoms with Crippen LogP contribution in [0.5, 0.6) is 0 Å². The van der Waals surface area contributed by atoms with E-state index in [1.807, 2.05) is 6.92 Å². The van der Waals surface area contributed by atoms with Crippen molar-refractivity contribution in [3.63, 3.8) is 0 Å². The number of hydrogen-bond donors (Lipinski definition) is 3. The van der Waals surface area contributed by atoms with Gasteiger partial charge in [0.25, 0.3) is 0 Å². The Morgan fingerprint density at radius 1 is 0.492 bits per heavy atom. The molecule has 5 rings (SSSR count). The van der Waals surface area contributed by atoms with Crippen LogP contribution in [0.3, 0.4) is 0 Å². The van der Waals surface area contributed by atoms with Gasteiger partial charge in [0.05, 0.1) is 23.9 Å². The quantitative estimate of drug-likeness (QED) is 0.0601. The summed E-state index contributed by atoms with van der Waals surface area (Å²) < 4.78 is 16.4. The maximum absolute atomic E-state index is 11.5. The molecule has 6 nitrogen and oxygen atoms in total. The zero-order valence-corrected chi connectivity index (χ0v) is 44.7. The van der Waals surface area contributed by atoms with E-state index in [9.17, 15) is 15.3 Å². The normalized spacial score (nSPS) is 30.2. The highest BCUT2D eigenvalue weighted by molar-refractivity contribution is 4.92. The molecule has 5 aliphatic rings. The standard InChI is InChI=1S/C22H42O2.C19H36O2.C18H36O2/c1-4-18-16-19(5-2)20(17-18)12-14-22(23,13-8-9-15-24-3)21-10-6-7-11-21;1-3-15-12-16(4-2)17(13-15)14-18(20)8-7-11-21-19-9-5-6-10-19;1-4-15-13-16(5-2)17(14-15)9-7-10-18(19)11-8-12-20-6-3/h18-21,23H,4-17H2,1-3H3;15-20H,3-14H2,1-2H3;15-19H,4-14H2,1-3H3. The van der Waals surface area contributed by atoms with Crippen molar-refractivity contribution < 1.29 is 29.5 Å². The van der Waals surface area contributed by atoms with Crippen LogP contribution in [0, 0.1) is 59.2 Å². The van der Waals surface area contributed by atoms with Crippen LogP contribution in [0.1, 0.15) is 260 Å². The number of unbranched alkanes of at least 4 members (excludes halogenated alkanes) is 1. The van der Waals surface area contributed by atoms with Crippen LogP contribution >= 0.6 is 0 Å². The molecule has 0 aromatic heterocycles. The summed E-state index contributed by atoms with van der Waals surface area (Å²) in [5.41, 5.74) is -0.396. The highest BCUT2D eigenvalue weighted by atomic mass is 16.5. The molecule has 386 valence electrons. The van der Waals surface area contributed by atoms with Gasteiger partial charge in [-0.2, -0.15) is 0 Å². The minimum atomic E-state index is -0.396.